The number of methoxy groups -OCH3 is 1. The summed E-state index contributed by atoms with van der Waals surface area (Å²) in [6, 6.07) is 3.10. The van der Waals surface area contributed by atoms with Crippen LogP contribution in [0.15, 0.2) is 28.0 Å². The summed E-state index contributed by atoms with van der Waals surface area (Å²) in [4.78, 5) is 22.9. The first-order valence-corrected chi connectivity index (χ1v) is 13.3. The number of rotatable bonds is 7. The van der Waals surface area contributed by atoms with Gasteiger partial charge in [-0.05, 0) is 36.9 Å². The molecule has 0 bridgehead atoms. The minimum Gasteiger partial charge on any atom is -0.465 e. The van der Waals surface area contributed by atoms with E-state index in [0.29, 0.717) is 26.2 Å². The number of fused-ring (bicyclic) bond motifs is 1. The van der Waals surface area contributed by atoms with Gasteiger partial charge in [-0.1, -0.05) is 0 Å². The molecule has 1 aliphatic heterocycles. The van der Waals surface area contributed by atoms with Gasteiger partial charge < -0.3 is 10.1 Å². The number of aryl methyl sites for hydroxylation is 1. The number of esters is 1. The molecule has 0 radical (unpaired) electrons. The van der Waals surface area contributed by atoms with Gasteiger partial charge in [0.25, 0.3) is 10.0 Å². The highest BCUT2D eigenvalue weighted by molar-refractivity contribution is 7.91. The third kappa shape index (κ3) is 4.64. The predicted octanol–water partition coefficient (Wildman–Crippen LogP) is 2.65. The Morgan fingerprint density at radius 1 is 1.25 bits per heavy atom. The SMILES string of the molecule is COC(=O)c1ccc(S(=O)(=O)N2CCN(C[C@H](C)Nc3ncnc4c(C)csc34)CC2)s1. The number of anilines is 1. The van der Waals surface area contributed by atoms with Gasteiger partial charge in [-0.3, -0.25) is 4.90 Å². The van der Waals surface area contributed by atoms with Crippen molar-refractivity contribution in [2.45, 2.75) is 24.1 Å². The molecule has 1 atom stereocenters. The van der Waals surface area contributed by atoms with Gasteiger partial charge >= 0.3 is 5.97 Å². The molecule has 3 aromatic rings. The number of sulfonamides is 1. The van der Waals surface area contributed by atoms with Crippen molar-refractivity contribution in [2.24, 2.45) is 0 Å². The monoisotopic (exact) mass is 495 g/mol. The van der Waals surface area contributed by atoms with Crippen molar-refractivity contribution in [1.82, 2.24) is 19.2 Å². The van der Waals surface area contributed by atoms with Crippen molar-refractivity contribution in [2.75, 3.05) is 45.2 Å². The summed E-state index contributed by atoms with van der Waals surface area (Å²) in [6.45, 7) is 6.99. The lowest BCUT2D eigenvalue weighted by Crippen LogP contribution is -2.50. The van der Waals surface area contributed by atoms with E-state index in [-0.39, 0.29) is 15.1 Å². The lowest BCUT2D eigenvalue weighted by Gasteiger charge is -2.35. The molecule has 3 aromatic heterocycles. The maximum absolute atomic E-state index is 12.9. The summed E-state index contributed by atoms with van der Waals surface area (Å²) in [5, 5.41) is 5.56. The summed E-state index contributed by atoms with van der Waals surface area (Å²) in [7, 11) is -2.34. The predicted molar refractivity (Wildman–Crippen MR) is 126 cm³/mol. The van der Waals surface area contributed by atoms with Crippen LogP contribution in [0.2, 0.25) is 0 Å². The topological polar surface area (TPSA) is 105 Å². The lowest BCUT2D eigenvalue weighted by atomic mass is 10.2. The quantitative estimate of drug-likeness (QED) is 0.499. The molecule has 0 aromatic carbocycles. The van der Waals surface area contributed by atoms with Crippen molar-refractivity contribution in [3.8, 4) is 0 Å². The number of aromatic nitrogens is 2. The van der Waals surface area contributed by atoms with E-state index in [9.17, 15) is 13.2 Å². The minimum atomic E-state index is -3.62. The Labute approximate surface area is 195 Å². The van der Waals surface area contributed by atoms with Crippen molar-refractivity contribution in [3.63, 3.8) is 0 Å². The van der Waals surface area contributed by atoms with E-state index < -0.39 is 16.0 Å². The fraction of sp³-hybridized carbons (Fsp3) is 0.450. The molecule has 4 rings (SSSR count). The second-order valence-electron chi connectivity index (χ2n) is 7.68. The van der Waals surface area contributed by atoms with Crippen LogP contribution in [-0.2, 0) is 14.8 Å². The summed E-state index contributed by atoms with van der Waals surface area (Å²) in [5.74, 6) is 0.308. The Morgan fingerprint density at radius 3 is 2.72 bits per heavy atom. The van der Waals surface area contributed by atoms with E-state index in [1.54, 1.807) is 17.7 Å². The van der Waals surface area contributed by atoms with Crippen molar-refractivity contribution < 1.29 is 17.9 Å². The highest BCUT2D eigenvalue weighted by Crippen LogP contribution is 2.29. The Morgan fingerprint density at radius 2 is 2.00 bits per heavy atom. The Bertz CT molecular complexity index is 1220. The highest BCUT2D eigenvalue weighted by atomic mass is 32.2. The van der Waals surface area contributed by atoms with E-state index >= 15 is 0 Å². The Balaban J connectivity index is 1.34. The fourth-order valence-electron chi connectivity index (χ4n) is 3.69. The number of nitrogens with zero attached hydrogens (tertiary/aromatic N) is 4. The largest absolute Gasteiger partial charge is 0.465 e. The number of carbonyl (C=O) groups is 1. The minimum absolute atomic E-state index is 0.138. The van der Waals surface area contributed by atoms with E-state index in [1.165, 1.54) is 23.5 Å². The molecule has 32 heavy (non-hydrogen) atoms. The molecule has 0 unspecified atom stereocenters. The van der Waals surface area contributed by atoms with Crippen LogP contribution in [0.25, 0.3) is 10.2 Å². The molecule has 0 saturated carbocycles. The zero-order valence-electron chi connectivity index (χ0n) is 18.1. The Hall–Kier alpha value is -2.12. The number of nitrogens with one attached hydrogen (secondary N) is 1. The zero-order valence-corrected chi connectivity index (χ0v) is 20.5. The summed E-state index contributed by atoms with van der Waals surface area (Å²) < 4.78 is 33.3. The van der Waals surface area contributed by atoms with Crippen LogP contribution in [0, 0.1) is 6.92 Å². The van der Waals surface area contributed by atoms with Crippen LogP contribution in [0.1, 0.15) is 22.2 Å². The summed E-state index contributed by atoms with van der Waals surface area (Å²) >= 11 is 2.57. The molecule has 1 N–H and O–H groups in total. The van der Waals surface area contributed by atoms with Crippen molar-refractivity contribution >= 4 is 54.7 Å². The number of piperazine rings is 1. The average Bonchev–Trinajstić information content (AvgIpc) is 3.42. The van der Waals surface area contributed by atoms with Crippen molar-refractivity contribution in [3.05, 3.63) is 34.3 Å². The molecule has 172 valence electrons. The van der Waals surface area contributed by atoms with Gasteiger partial charge in [0.15, 0.2) is 0 Å². The van der Waals surface area contributed by atoms with Gasteiger partial charge in [-0.15, -0.1) is 22.7 Å². The fourth-order valence-corrected chi connectivity index (χ4v) is 7.44. The number of hydrogen-bond donors (Lipinski definition) is 1. The number of thiophene rings is 2. The van der Waals surface area contributed by atoms with Crippen LogP contribution in [0.4, 0.5) is 5.82 Å². The first-order valence-electron chi connectivity index (χ1n) is 10.2. The van der Waals surface area contributed by atoms with Crippen LogP contribution >= 0.6 is 22.7 Å². The second kappa shape index (κ2) is 9.40. The van der Waals surface area contributed by atoms with E-state index in [1.807, 2.05) is 6.92 Å². The molecule has 9 nitrogen and oxygen atoms in total. The molecular formula is C20H25N5O4S3. The van der Waals surface area contributed by atoms with E-state index in [4.69, 9.17) is 0 Å². The van der Waals surface area contributed by atoms with Crippen molar-refractivity contribution in [1.29, 1.82) is 0 Å². The maximum atomic E-state index is 12.9. The molecule has 1 fully saturated rings. The third-order valence-electron chi connectivity index (χ3n) is 5.34. The standard InChI is InChI=1S/C20H25N5O4S3/c1-13-11-30-18-17(13)21-12-22-19(18)23-14(2)10-24-6-8-25(9-7-24)32(27,28)16-5-4-15(31-16)20(26)29-3/h4-5,11-12,14H,6-10H2,1-3H3,(H,21,22,23)/t14-/m0/s1. The molecular weight excluding hydrogens is 470 g/mol. The normalized spacial score (nSPS) is 16.8. The molecule has 0 spiro atoms. The number of ether oxygens (including phenoxy) is 1. The molecule has 1 aliphatic rings. The number of hydrogen-bond acceptors (Lipinski definition) is 10. The van der Waals surface area contributed by atoms with Gasteiger partial charge in [0.05, 0.1) is 17.3 Å². The van der Waals surface area contributed by atoms with E-state index in [2.05, 4.69) is 37.2 Å². The average molecular weight is 496 g/mol. The first kappa shape index (κ1) is 23.1. The zero-order chi connectivity index (χ0) is 22.9. The van der Waals surface area contributed by atoms with Gasteiger partial charge in [0.1, 0.15) is 21.2 Å². The molecule has 4 heterocycles. The molecule has 0 aliphatic carbocycles. The third-order valence-corrected chi connectivity index (χ3v) is 9.86. The van der Waals surface area contributed by atoms with Gasteiger partial charge in [-0.25, -0.2) is 23.2 Å². The van der Waals surface area contributed by atoms with Crippen LogP contribution < -0.4 is 5.32 Å². The molecule has 0 amide bonds. The van der Waals surface area contributed by atoms with Gasteiger partial charge in [-0.2, -0.15) is 4.31 Å². The number of carbonyl (C=O) groups excluding carboxylic acids is 1. The molecule has 1 saturated heterocycles. The van der Waals surface area contributed by atoms with Crippen LogP contribution in [-0.4, -0.2) is 79.4 Å². The summed E-state index contributed by atoms with van der Waals surface area (Å²) in [5.41, 5.74) is 2.12. The highest BCUT2D eigenvalue weighted by Gasteiger charge is 2.30. The maximum Gasteiger partial charge on any atom is 0.348 e. The summed E-state index contributed by atoms with van der Waals surface area (Å²) in [6.07, 6.45) is 1.58. The molecule has 12 heteroatoms. The van der Waals surface area contributed by atoms with Gasteiger partial charge in [0, 0.05) is 38.8 Å². The second-order valence-corrected chi connectivity index (χ2v) is 11.8. The Kier molecular flexibility index (Phi) is 6.77. The smallest absolute Gasteiger partial charge is 0.348 e. The lowest BCUT2D eigenvalue weighted by molar-refractivity contribution is 0.0606. The van der Waals surface area contributed by atoms with E-state index in [0.717, 1.165) is 39.5 Å². The first-order chi connectivity index (χ1) is 15.3. The van der Waals surface area contributed by atoms with Crippen LogP contribution in [0.3, 0.4) is 0 Å². The van der Waals surface area contributed by atoms with Crippen LogP contribution in [0.5, 0.6) is 0 Å². The van der Waals surface area contributed by atoms with Gasteiger partial charge in [0.2, 0.25) is 0 Å².